The number of ether oxygens (including phenoxy) is 1. The van der Waals surface area contributed by atoms with Crippen molar-refractivity contribution in [3.63, 3.8) is 0 Å². The standard InChI is InChI=1S/C44H51ClN10O5/c1-24(2)39(52-44(59)60-7)43(58)55-20-25(3)14-37(55)40-48-19-35(50-40)30-10-8-29(9-11-30)32-16-33(45)34(15-26(32)4)51-41(56)31-12-13-38(47-17-31)53-21-28(6)54(22-27(53)5)42(57)36-18-46-23-49-36/h8-13,15-19,23-25,27-28,37,39H,14,20-22H2,1-7H3,(H,46,49)(H,48,50)(H,51,56)(H,52,59)/t25-,27+,28-,37-,39-/m0/s1. The first-order chi connectivity index (χ1) is 28.7. The van der Waals surface area contributed by atoms with Gasteiger partial charge in [0.25, 0.3) is 11.8 Å². The maximum Gasteiger partial charge on any atom is 0.407 e. The van der Waals surface area contributed by atoms with E-state index in [1.165, 1.54) is 19.6 Å². The van der Waals surface area contributed by atoms with Crippen LogP contribution in [0, 0.1) is 18.8 Å². The molecular weight excluding hydrogens is 784 g/mol. The van der Waals surface area contributed by atoms with E-state index >= 15 is 0 Å². The van der Waals surface area contributed by atoms with E-state index in [1.54, 1.807) is 18.5 Å². The molecule has 2 saturated heterocycles. The van der Waals surface area contributed by atoms with Gasteiger partial charge in [0, 0.05) is 37.9 Å². The first-order valence-corrected chi connectivity index (χ1v) is 20.5. The molecule has 0 spiro atoms. The summed E-state index contributed by atoms with van der Waals surface area (Å²) in [5.74, 6) is 0.973. The van der Waals surface area contributed by atoms with Crippen molar-refractivity contribution in [2.75, 3.05) is 37.0 Å². The molecule has 5 heterocycles. The van der Waals surface area contributed by atoms with Gasteiger partial charge in [0.2, 0.25) is 5.91 Å². The van der Waals surface area contributed by atoms with E-state index in [0.717, 1.165) is 40.2 Å². The second-order valence-corrected chi connectivity index (χ2v) is 16.7. The number of H-pyrrole nitrogens is 2. The van der Waals surface area contributed by atoms with E-state index in [0.29, 0.717) is 47.4 Å². The first kappa shape index (κ1) is 41.9. The van der Waals surface area contributed by atoms with Gasteiger partial charge in [0.15, 0.2) is 0 Å². The highest BCUT2D eigenvalue weighted by atomic mass is 35.5. The van der Waals surface area contributed by atoms with Gasteiger partial charge in [0.1, 0.15) is 23.4 Å². The Morgan fingerprint density at radius 1 is 0.900 bits per heavy atom. The summed E-state index contributed by atoms with van der Waals surface area (Å²) in [7, 11) is 1.28. The van der Waals surface area contributed by atoms with Crippen LogP contribution in [-0.4, -0.2) is 103 Å². The van der Waals surface area contributed by atoms with E-state index in [1.807, 2.05) is 86.9 Å². The highest BCUT2D eigenvalue weighted by Gasteiger charge is 2.40. The van der Waals surface area contributed by atoms with Gasteiger partial charge in [-0.1, -0.05) is 56.6 Å². The molecule has 5 aromatic rings. The molecule has 2 aliphatic heterocycles. The van der Waals surface area contributed by atoms with Crippen LogP contribution >= 0.6 is 11.6 Å². The summed E-state index contributed by atoms with van der Waals surface area (Å²) in [6.45, 7) is 13.6. The largest absolute Gasteiger partial charge is 0.453 e. The lowest BCUT2D eigenvalue weighted by molar-refractivity contribution is -0.135. The number of aromatic amines is 2. The number of carbonyl (C=O) groups excluding carboxylic acids is 4. The number of nitrogens with zero attached hydrogens (tertiary/aromatic N) is 6. The number of rotatable bonds is 10. The van der Waals surface area contributed by atoms with Crippen molar-refractivity contribution in [3.05, 3.63) is 101 Å². The number of nitrogens with one attached hydrogen (secondary N) is 4. The molecule has 2 fully saturated rings. The summed E-state index contributed by atoms with van der Waals surface area (Å²) in [5.41, 5.74) is 5.88. The summed E-state index contributed by atoms with van der Waals surface area (Å²) >= 11 is 6.77. The van der Waals surface area contributed by atoms with Crippen LogP contribution in [0.2, 0.25) is 5.02 Å². The van der Waals surface area contributed by atoms with E-state index in [-0.39, 0.29) is 47.7 Å². The normalized spacial score (nSPS) is 19.6. The molecule has 0 bridgehead atoms. The van der Waals surface area contributed by atoms with Crippen molar-refractivity contribution >= 4 is 46.9 Å². The van der Waals surface area contributed by atoms with E-state index in [2.05, 4.69) is 42.4 Å². The Labute approximate surface area is 354 Å². The second kappa shape index (κ2) is 17.6. The molecule has 0 unspecified atom stereocenters. The van der Waals surface area contributed by atoms with Crippen molar-refractivity contribution in [2.45, 2.75) is 72.1 Å². The van der Waals surface area contributed by atoms with Crippen molar-refractivity contribution in [3.8, 4) is 22.4 Å². The SMILES string of the molecule is COC(=O)N[C@H](C(=O)N1C[C@@H](C)C[C@H]1c1ncc(-c2ccc(-c3cc(Cl)c(NC(=O)c4ccc(N5C[C@H](C)N(C(=O)c6cnc[nH]6)C[C@H]5C)nc4)cc3C)cc2)[nH]1)C(C)C. The van der Waals surface area contributed by atoms with Crippen LogP contribution in [0.5, 0.6) is 0 Å². The maximum atomic E-state index is 13.7. The van der Waals surface area contributed by atoms with Crippen LogP contribution in [-0.2, 0) is 9.53 Å². The molecule has 4 amide bonds. The molecule has 3 aromatic heterocycles. The molecule has 4 N–H and O–H groups in total. The monoisotopic (exact) mass is 834 g/mol. The van der Waals surface area contributed by atoms with Gasteiger partial charge in [-0.15, -0.1) is 0 Å². The van der Waals surface area contributed by atoms with E-state index in [9.17, 15) is 19.2 Å². The average molecular weight is 835 g/mol. The Bertz CT molecular complexity index is 2350. The zero-order chi connectivity index (χ0) is 42.8. The minimum Gasteiger partial charge on any atom is -0.453 e. The number of anilines is 2. The summed E-state index contributed by atoms with van der Waals surface area (Å²) in [6.07, 6.45) is 6.48. The quantitative estimate of drug-likeness (QED) is 0.114. The van der Waals surface area contributed by atoms with Crippen molar-refractivity contribution in [1.82, 2.24) is 40.0 Å². The molecule has 0 aliphatic carbocycles. The van der Waals surface area contributed by atoms with Gasteiger partial charge in [-0.2, -0.15) is 0 Å². The Hall–Kier alpha value is -6.22. The number of carbonyl (C=O) groups is 4. The smallest absolute Gasteiger partial charge is 0.407 e. The fourth-order valence-electron chi connectivity index (χ4n) is 8.14. The third-order valence-corrected chi connectivity index (χ3v) is 11.8. The maximum absolute atomic E-state index is 13.7. The summed E-state index contributed by atoms with van der Waals surface area (Å²) in [5, 5.41) is 6.04. The number of hydrogen-bond donors (Lipinski definition) is 4. The lowest BCUT2D eigenvalue weighted by Crippen LogP contribution is -2.58. The Morgan fingerprint density at radius 3 is 2.32 bits per heavy atom. The Morgan fingerprint density at radius 2 is 1.65 bits per heavy atom. The minimum absolute atomic E-state index is 0.00793. The third kappa shape index (κ3) is 8.71. The first-order valence-electron chi connectivity index (χ1n) is 20.2. The fraction of sp³-hybridized carbons (Fsp3) is 0.386. The lowest BCUT2D eigenvalue weighted by atomic mass is 9.98. The fourth-order valence-corrected chi connectivity index (χ4v) is 8.35. The lowest BCUT2D eigenvalue weighted by Gasteiger charge is -2.44. The number of methoxy groups -OCH3 is 1. The van der Waals surface area contributed by atoms with Gasteiger partial charge >= 0.3 is 6.09 Å². The van der Waals surface area contributed by atoms with Crippen LogP contribution in [0.1, 0.15) is 79.3 Å². The predicted octanol–water partition coefficient (Wildman–Crippen LogP) is 7.11. The zero-order valence-electron chi connectivity index (χ0n) is 34.8. The number of amides is 4. The van der Waals surface area contributed by atoms with Gasteiger partial charge < -0.3 is 40.0 Å². The van der Waals surface area contributed by atoms with Crippen LogP contribution in [0.25, 0.3) is 22.4 Å². The predicted molar refractivity (Wildman–Crippen MR) is 230 cm³/mol. The summed E-state index contributed by atoms with van der Waals surface area (Å²) in [6, 6.07) is 14.3. The minimum atomic E-state index is -0.717. The second-order valence-electron chi connectivity index (χ2n) is 16.2. The number of likely N-dealkylation sites (tertiary alicyclic amines) is 1. The molecule has 0 saturated carbocycles. The zero-order valence-corrected chi connectivity index (χ0v) is 35.6. The van der Waals surface area contributed by atoms with Crippen LogP contribution in [0.4, 0.5) is 16.3 Å². The highest BCUT2D eigenvalue weighted by molar-refractivity contribution is 6.34. The molecule has 16 heteroatoms. The van der Waals surface area contributed by atoms with Crippen LogP contribution in [0.3, 0.4) is 0 Å². The number of piperazine rings is 1. The number of imidazole rings is 2. The Kier molecular flexibility index (Phi) is 12.3. The Balaban J connectivity index is 0.990. The molecular formula is C44H51ClN10O5. The molecule has 5 atom stereocenters. The number of aromatic nitrogens is 5. The number of hydrogen-bond acceptors (Lipinski definition) is 9. The topological polar surface area (TPSA) is 182 Å². The summed E-state index contributed by atoms with van der Waals surface area (Å²) < 4.78 is 4.77. The number of pyridine rings is 1. The van der Waals surface area contributed by atoms with Gasteiger partial charge in [0.05, 0.1) is 53.8 Å². The molecule has 7 rings (SSSR count). The van der Waals surface area contributed by atoms with Crippen LogP contribution < -0.4 is 15.5 Å². The molecule has 314 valence electrons. The number of halogens is 1. The van der Waals surface area contributed by atoms with Crippen molar-refractivity contribution < 1.29 is 23.9 Å². The number of benzene rings is 2. The number of alkyl carbamates (subject to hydrolysis) is 1. The van der Waals surface area contributed by atoms with E-state index < -0.39 is 12.1 Å². The molecule has 15 nitrogen and oxygen atoms in total. The molecule has 60 heavy (non-hydrogen) atoms. The highest BCUT2D eigenvalue weighted by Crippen LogP contribution is 2.37. The molecule has 0 radical (unpaired) electrons. The van der Waals surface area contributed by atoms with Crippen molar-refractivity contribution in [2.24, 2.45) is 11.8 Å². The van der Waals surface area contributed by atoms with Gasteiger partial charge in [-0.3, -0.25) is 14.4 Å². The van der Waals surface area contributed by atoms with Crippen molar-refractivity contribution in [1.29, 1.82) is 0 Å². The van der Waals surface area contributed by atoms with Gasteiger partial charge in [-0.05, 0) is 85.5 Å². The van der Waals surface area contributed by atoms with Gasteiger partial charge in [-0.25, -0.2) is 19.7 Å². The van der Waals surface area contributed by atoms with Crippen LogP contribution in [0.15, 0.2) is 73.4 Å². The van der Waals surface area contributed by atoms with E-state index in [4.69, 9.17) is 21.3 Å². The average Bonchev–Trinajstić information content (AvgIpc) is 4.04. The molecule has 2 aromatic carbocycles. The summed E-state index contributed by atoms with van der Waals surface area (Å²) in [4.78, 5) is 77.5. The number of aryl methyl sites for hydroxylation is 1. The molecule has 2 aliphatic rings. The third-order valence-electron chi connectivity index (χ3n) is 11.4.